The van der Waals surface area contributed by atoms with Gasteiger partial charge in [-0.15, -0.1) is 0 Å². The van der Waals surface area contributed by atoms with Crippen molar-refractivity contribution in [2.24, 2.45) is 0 Å². The van der Waals surface area contributed by atoms with Gasteiger partial charge in [0.25, 0.3) is 5.91 Å². The monoisotopic (exact) mass is 286 g/mol. The van der Waals surface area contributed by atoms with Gasteiger partial charge in [0, 0.05) is 24.8 Å². The molecule has 5 nitrogen and oxygen atoms in total. The van der Waals surface area contributed by atoms with Crippen molar-refractivity contribution in [3.63, 3.8) is 0 Å². The van der Waals surface area contributed by atoms with Crippen molar-refractivity contribution < 1.29 is 14.3 Å². The van der Waals surface area contributed by atoms with Crippen molar-refractivity contribution >= 4 is 22.8 Å². The summed E-state index contributed by atoms with van der Waals surface area (Å²) in [4.78, 5) is 25.4. The van der Waals surface area contributed by atoms with Crippen LogP contribution in [0.25, 0.3) is 10.9 Å². The van der Waals surface area contributed by atoms with E-state index in [0.717, 1.165) is 36.8 Å². The van der Waals surface area contributed by atoms with Crippen LogP contribution in [0.1, 0.15) is 12.8 Å². The third kappa shape index (κ3) is 3.07. The number of para-hydroxylation sites is 1. The number of likely N-dealkylation sites (tertiary alicyclic amines) is 1. The highest BCUT2D eigenvalue weighted by atomic mass is 16.5. The maximum atomic E-state index is 11.9. The molecule has 0 atom stereocenters. The van der Waals surface area contributed by atoms with Gasteiger partial charge >= 0.3 is 5.97 Å². The number of amides is 1. The summed E-state index contributed by atoms with van der Waals surface area (Å²) in [6.45, 7) is 1.52. The molecular formula is C16H18N2O3. The summed E-state index contributed by atoms with van der Waals surface area (Å²) in [6, 6.07) is 9.80. The van der Waals surface area contributed by atoms with Gasteiger partial charge in [-0.2, -0.15) is 0 Å². The molecule has 1 aromatic heterocycles. The van der Waals surface area contributed by atoms with E-state index < -0.39 is 0 Å². The molecule has 0 N–H and O–H groups in total. The summed E-state index contributed by atoms with van der Waals surface area (Å²) in [5.74, 6) is -0.484. The van der Waals surface area contributed by atoms with Crippen LogP contribution in [0.4, 0.5) is 0 Å². The van der Waals surface area contributed by atoms with Crippen molar-refractivity contribution in [2.45, 2.75) is 19.4 Å². The lowest BCUT2D eigenvalue weighted by Gasteiger charge is -2.15. The van der Waals surface area contributed by atoms with Gasteiger partial charge < -0.3 is 14.2 Å². The second-order valence-electron chi connectivity index (χ2n) is 5.25. The minimum absolute atomic E-state index is 0.0989. The van der Waals surface area contributed by atoms with Crippen LogP contribution in [0, 0.1) is 0 Å². The Morgan fingerprint density at radius 2 is 1.86 bits per heavy atom. The molecule has 3 rings (SSSR count). The van der Waals surface area contributed by atoms with E-state index in [1.54, 1.807) is 4.90 Å². The molecule has 0 bridgehead atoms. The topological polar surface area (TPSA) is 51.5 Å². The molecule has 2 aromatic rings. The Balaban J connectivity index is 1.55. The Labute approximate surface area is 123 Å². The van der Waals surface area contributed by atoms with E-state index >= 15 is 0 Å². The van der Waals surface area contributed by atoms with Gasteiger partial charge in [-0.25, -0.2) is 0 Å². The summed E-state index contributed by atoms with van der Waals surface area (Å²) >= 11 is 0. The third-order valence-electron chi connectivity index (χ3n) is 3.80. The standard InChI is InChI=1S/C16H18N2O3/c19-15(17-8-3-4-9-17)12-21-16(20)11-18-10-7-13-5-1-2-6-14(13)18/h1-2,5-7,10H,3-4,8-9,11-12H2. The van der Waals surface area contributed by atoms with Crippen LogP contribution < -0.4 is 0 Å². The molecule has 0 radical (unpaired) electrons. The molecule has 2 heterocycles. The van der Waals surface area contributed by atoms with Gasteiger partial charge in [-0.1, -0.05) is 18.2 Å². The quantitative estimate of drug-likeness (QED) is 0.805. The van der Waals surface area contributed by atoms with Crippen molar-refractivity contribution in [1.82, 2.24) is 9.47 Å². The highest BCUT2D eigenvalue weighted by Gasteiger charge is 2.19. The first-order chi connectivity index (χ1) is 10.2. The fourth-order valence-corrected chi connectivity index (χ4v) is 2.66. The molecule has 5 heteroatoms. The lowest BCUT2D eigenvalue weighted by atomic mass is 10.2. The number of hydrogen-bond acceptors (Lipinski definition) is 3. The Morgan fingerprint density at radius 3 is 2.67 bits per heavy atom. The first-order valence-electron chi connectivity index (χ1n) is 7.21. The zero-order valence-corrected chi connectivity index (χ0v) is 11.8. The number of benzene rings is 1. The van der Waals surface area contributed by atoms with Crippen LogP contribution in [0.15, 0.2) is 36.5 Å². The summed E-state index contributed by atoms with van der Waals surface area (Å²) in [7, 11) is 0. The molecule has 0 spiro atoms. The Morgan fingerprint density at radius 1 is 1.10 bits per heavy atom. The van der Waals surface area contributed by atoms with Crippen molar-refractivity contribution in [1.29, 1.82) is 0 Å². The largest absolute Gasteiger partial charge is 0.454 e. The molecule has 0 saturated carbocycles. The number of rotatable bonds is 4. The Hall–Kier alpha value is -2.30. The van der Waals surface area contributed by atoms with Crippen molar-refractivity contribution in [2.75, 3.05) is 19.7 Å². The summed E-state index contributed by atoms with van der Waals surface area (Å²) in [5, 5.41) is 1.08. The minimum atomic E-state index is -0.385. The van der Waals surface area contributed by atoms with E-state index in [4.69, 9.17) is 4.74 Å². The molecular weight excluding hydrogens is 268 g/mol. The second-order valence-corrected chi connectivity index (χ2v) is 5.25. The number of aromatic nitrogens is 1. The molecule has 1 aliphatic heterocycles. The maximum Gasteiger partial charge on any atom is 0.326 e. The normalized spacial score (nSPS) is 14.6. The average Bonchev–Trinajstić information content (AvgIpc) is 3.15. The molecule has 1 amide bonds. The van der Waals surface area contributed by atoms with E-state index in [0.29, 0.717) is 0 Å². The van der Waals surface area contributed by atoms with Gasteiger partial charge in [0.05, 0.1) is 0 Å². The molecule has 1 aromatic carbocycles. The lowest BCUT2D eigenvalue weighted by molar-refractivity contribution is -0.152. The number of ether oxygens (including phenoxy) is 1. The first-order valence-corrected chi connectivity index (χ1v) is 7.21. The zero-order valence-electron chi connectivity index (χ0n) is 11.8. The molecule has 0 aliphatic carbocycles. The molecule has 1 saturated heterocycles. The maximum absolute atomic E-state index is 11.9. The average molecular weight is 286 g/mol. The van der Waals surface area contributed by atoms with Crippen molar-refractivity contribution in [3.05, 3.63) is 36.5 Å². The van der Waals surface area contributed by atoms with E-state index in [2.05, 4.69) is 0 Å². The zero-order chi connectivity index (χ0) is 14.7. The summed E-state index contributed by atoms with van der Waals surface area (Å²) in [5.41, 5.74) is 0.986. The molecule has 0 unspecified atom stereocenters. The highest BCUT2D eigenvalue weighted by Crippen LogP contribution is 2.15. The minimum Gasteiger partial charge on any atom is -0.454 e. The van der Waals surface area contributed by atoms with Gasteiger partial charge in [0.15, 0.2) is 6.61 Å². The number of esters is 1. The molecule has 110 valence electrons. The molecule has 21 heavy (non-hydrogen) atoms. The predicted octanol–water partition coefficient (Wildman–Crippen LogP) is 1.81. The van der Waals surface area contributed by atoms with E-state index in [1.165, 1.54) is 0 Å². The molecule has 1 aliphatic rings. The van der Waals surface area contributed by atoms with Crippen LogP contribution in [0.2, 0.25) is 0 Å². The molecule has 1 fully saturated rings. The smallest absolute Gasteiger partial charge is 0.326 e. The number of carbonyl (C=O) groups excluding carboxylic acids is 2. The number of carbonyl (C=O) groups is 2. The van der Waals surface area contributed by atoms with Crippen LogP contribution in [0.3, 0.4) is 0 Å². The third-order valence-corrected chi connectivity index (χ3v) is 3.80. The SMILES string of the molecule is O=C(Cn1ccc2ccccc21)OCC(=O)N1CCCC1. The van der Waals surface area contributed by atoms with Crippen LogP contribution in [-0.4, -0.2) is 41.0 Å². The summed E-state index contributed by atoms with van der Waals surface area (Å²) in [6.07, 6.45) is 3.93. The number of hydrogen-bond donors (Lipinski definition) is 0. The van der Waals surface area contributed by atoms with E-state index in [9.17, 15) is 9.59 Å². The summed E-state index contributed by atoms with van der Waals surface area (Å²) < 4.78 is 6.92. The highest BCUT2D eigenvalue weighted by molar-refractivity contribution is 5.83. The first kappa shape index (κ1) is 13.7. The van der Waals surface area contributed by atoms with E-state index in [-0.39, 0.29) is 25.0 Å². The van der Waals surface area contributed by atoms with Crippen LogP contribution in [0.5, 0.6) is 0 Å². The fourth-order valence-electron chi connectivity index (χ4n) is 2.66. The lowest BCUT2D eigenvalue weighted by Crippen LogP contribution is -2.32. The van der Waals surface area contributed by atoms with Gasteiger partial charge in [-0.3, -0.25) is 9.59 Å². The number of nitrogens with zero attached hydrogens (tertiary/aromatic N) is 2. The van der Waals surface area contributed by atoms with E-state index in [1.807, 2.05) is 41.1 Å². The number of fused-ring (bicyclic) bond motifs is 1. The van der Waals surface area contributed by atoms with Crippen LogP contribution in [-0.2, 0) is 20.9 Å². The fraction of sp³-hybridized carbons (Fsp3) is 0.375. The van der Waals surface area contributed by atoms with Gasteiger partial charge in [0.2, 0.25) is 0 Å². The Bertz CT molecular complexity index is 656. The van der Waals surface area contributed by atoms with Crippen LogP contribution >= 0.6 is 0 Å². The van der Waals surface area contributed by atoms with Gasteiger partial charge in [-0.05, 0) is 30.4 Å². The van der Waals surface area contributed by atoms with Crippen molar-refractivity contribution in [3.8, 4) is 0 Å². The second kappa shape index (κ2) is 5.99. The predicted molar refractivity (Wildman–Crippen MR) is 78.7 cm³/mol. The Kier molecular flexibility index (Phi) is 3.90. The van der Waals surface area contributed by atoms with Gasteiger partial charge in [0.1, 0.15) is 6.54 Å².